The number of aliphatic imine (C=N–C) groups is 1. The summed E-state index contributed by atoms with van der Waals surface area (Å²) >= 11 is 0. The van der Waals surface area contributed by atoms with Crippen LogP contribution in [0, 0.1) is 17.5 Å². The van der Waals surface area contributed by atoms with Crippen LogP contribution in [-0.4, -0.2) is 11.9 Å². The predicted octanol–water partition coefficient (Wildman–Crippen LogP) is 3.56. The molecule has 0 atom stereocenters. The summed E-state index contributed by atoms with van der Waals surface area (Å²) in [5, 5.41) is 0. The van der Waals surface area contributed by atoms with E-state index in [4.69, 9.17) is 4.74 Å². The molecular weight excluding hydrogens is 271 g/mol. The third-order valence-corrected chi connectivity index (χ3v) is 3.36. The first-order chi connectivity index (χ1) is 9.56. The quantitative estimate of drug-likeness (QED) is 0.738. The first-order valence-corrected chi connectivity index (χ1v) is 6.24. The highest BCUT2D eigenvalue weighted by molar-refractivity contribution is 6.15. The molecule has 3 nitrogen and oxygen atoms in total. The van der Waals surface area contributed by atoms with Gasteiger partial charge in [0.2, 0.25) is 5.90 Å². The van der Waals surface area contributed by atoms with Gasteiger partial charge in [0.1, 0.15) is 11.5 Å². The molecule has 0 amide bonds. The number of carbonyl (C=O) groups is 1. The molecule has 0 N–H and O–H groups in total. The van der Waals surface area contributed by atoms with Crippen LogP contribution in [0.25, 0.3) is 0 Å². The topological polar surface area (TPSA) is 38.7 Å². The Balaban J connectivity index is 2.06. The molecule has 20 heavy (non-hydrogen) atoms. The maximum absolute atomic E-state index is 13.5. The monoisotopic (exact) mass is 281 g/mol. The summed E-state index contributed by atoms with van der Waals surface area (Å²) in [4.78, 5) is 15.4. The average Bonchev–Trinajstić information content (AvgIpc) is 2.71. The van der Waals surface area contributed by atoms with Crippen LogP contribution in [0.4, 0.5) is 18.9 Å². The molecule has 104 valence electrons. The van der Waals surface area contributed by atoms with E-state index in [9.17, 15) is 18.0 Å². The molecule has 1 aromatic carbocycles. The van der Waals surface area contributed by atoms with E-state index in [1.165, 1.54) is 0 Å². The highest BCUT2D eigenvalue weighted by atomic mass is 19.1. The summed E-state index contributed by atoms with van der Waals surface area (Å²) in [6.45, 7) is 0. The highest BCUT2D eigenvalue weighted by Crippen LogP contribution is 2.34. The van der Waals surface area contributed by atoms with Crippen molar-refractivity contribution >= 4 is 17.6 Å². The van der Waals surface area contributed by atoms with Crippen molar-refractivity contribution < 1.29 is 22.7 Å². The van der Waals surface area contributed by atoms with Gasteiger partial charge in [-0.25, -0.2) is 23.0 Å². The smallest absolute Gasteiger partial charge is 0.341 e. The molecule has 1 heterocycles. The minimum atomic E-state index is -1.13. The molecule has 0 spiro atoms. The zero-order chi connectivity index (χ0) is 14.3. The van der Waals surface area contributed by atoms with Crippen molar-refractivity contribution in [1.29, 1.82) is 0 Å². The van der Waals surface area contributed by atoms with Gasteiger partial charge in [0.25, 0.3) is 0 Å². The fourth-order valence-corrected chi connectivity index (χ4v) is 2.41. The Morgan fingerprint density at radius 1 is 1.00 bits per heavy atom. The number of cyclic esters (lactones) is 1. The summed E-state index contributed by atoms with van der Waals surface area (Å²) in [5.41, 5.74) is 0.482. The van der Waals surface area contributed by atoms with Crippen LogP contribution < -0.4 is 0 Å². The van der Waals surface area contributed by atoms with Crippen LogP contribution in [0.15, 0.2) is 28.3 Å². The molecule has 6 heteroatoms. The Morgan fingerprint density at radius 3 is 2.25 bits per heavy atom. The first-order valence-electron chi connectivity index (χ1n) is 6.24. The Labute approximate surface area is 112 Å². The Kier molecular flexibility index (Phi) is 3.08. The lowest BCUT2D eigenvalue weighted by Crippen LogP contribution is -2.03. The average molecular weight is 281 g/mol. The predicted molar refractivity (Wildman–Crippen MR) is 65.0 cm³/mol. The lowest BCUT2D eigenvalue weighted by atomic mass is 9.93. The maximum atomic E-state index is 13.5. The minimum absolute atomic E-state index is 0.0749. The number of hydrogen-bond donors (Lipinski definition) is 0. The molecule has 0 unspecified atom stereocenters. The number of rotatable bonds is 1. The summed E-state index contributed by atoms with van der Waals surface area (Å²) in [5.74, 6) is -3.87. The molecule has 0 radical (unpaired) electrons. The van der Waals surface area contributed by atoms with E-state index >= 15 is 0 Å². The van der Waals surface area contributed by atoms with Crippen molar-refractivity contribution in [2.24, 2.45) is 4.99 Å². The van der Waals surface area contributed by atoms with E-state index in [1.54, 1.807) is 0 Å². The van der Waals surface area contributed by atoms with Gasteiger partial charge in [0.05, 0.1) is 0 Å². The lowest BCUT2D eigenvalue weighted by molar-refractivity contribution is -0.130. The van der Waals surface area contributed by atoms with Crippen LogP contribution in [-0.2, 0) is 9.53 Å². The zero-order valence-corrected chi connectivity index (χ0v) is 10.4. The molecule has 0 saturated heterocycles. The van der Waals surface area contributed by atoms with Gasteiger partial charge in [-0.3, -0.25) is 0 Å². The Hall–Kier alpha value is -2.11. The molecule has 3 rings (SSSR count). The first kappa shape index (κ1) is 12.9. The van der Waals surface area contributed by atoms with E-state index < -0.39 is 29.1 Å². The number of benzene rings is 1. The molecule has 0 fully saturated rings. The van der Waals surface area contributed by atoms with Crippen molar-refractivity contribution in [3.8, 4) is 0 Å². The van der Waals surface area contributed by atoms with Crippen LogP contribution in [0.2, 0.25) is 0 Å². The number of carbonyl (C=O) groups excluding carboxylic acids is 1. The largest absolute Gasteiger partial charge is 0.404 e. The molecule has 2 aliphatic rings. The fourth-order valence-electron chi connectivity index (χ4n) is 2.41. The third kappa shape index (κ3) is 2.11. The van der Waals surface area contributed by atoms with Crippen LogP contribution in [0.5, 0.6) is 0 Å². The fraction of sp³-hybridized carbons (Fsp3) is 0.286. The van der Waals surface area contributed by atoms with Gasteiger partial charge in [0, 0.05) is 23.3 Å². The van der Waals surface area contributed by atoms with Gasteiger partial charge < -0.3 is 4.74 Å². The van der Waals surface area contributed by atoms with Crippen molar-refractivity contribution in [2.45, 2.75) is 25.7 Å². The molecule has 1 aromatic rings. The standard InChI is InChI=1S/C14H10F3NO2/c15-7-5-10(16)12(11(17)6-7)18-13-8-3-1-2-4-9(8)14(19)20-13/h5-6H,1-4H2. The number of hydrogen-bond acceptors (Lipinski definition) is 3. The summed E-state index contributed by atoms with van der Waals surface area (Å²) in [6.07, 6.45) is 2.91. The second-order valence-corrected chi connectivity index (χ2v) is 4.69. The van der Waals surface area contributed by atoms with Crippen molar-refractivity contribution in [2.75, 3.05) is 0 Å². The van der Waals surface area contributed by atoms with Gasteiger partial charge in [-0.05, 0) is 25.7 Å². The van der Waals surface area contributed by atoms with Gasteiger partial charge in [-0.2, -0.15) is 0 Å². The third-order valence-electron chi connectivity index (χ3n) is 3.36. The van der Waals surface area contributed by atoms with Gasteiger partial charge in [-0.1, -0.05) is 0 Å². The highest BCUT2D eigenvalue weighted by Gasteiger charge is 2.33. The van der Waals surface area contributed by atoms with E-state index in [0.717, 1.165) is 12.8 Å². The van der Waals surface area contributed by atoms with Gasteiger partial charge >= 0.3 is 5.97 Å². The van der Waals surface area contributed by atoms with Crippen molar-refractivity contribution in [1.82, 2.24) is 0 Å². The number of halogens is 3. The molecule has 1 aliphatic heterocycles. The normalized spacial score (nSPS) is 20.4. The number of esters is 1. The zero-order valence-electron chi connectivity index (χ0n) is 10.4. The molecule has 1 aliphatic carbocycles. The summed E-state index contributed by atoms with van der Waals surface area (Å²) in [7, 11) is 0. The van der Waals surface area contributed by atoms with Crippen LogP contribution >= 0.6 is 0 Å². The second kappa shape index (κ2) is 4.77. The van der Waals surface area contributed by atoms with E-state index in [2.05, 4.69) is 4.99 Å². The van der Waals surface area contributed by atoms with E-state index in [1.807, 2.05) is 0 Å². The van der Waals surface area contributed by atoms with Crippen molar-refractivity contribution in [3.05, 3.63) is 40.7 Å². The number of ether oxygens (including phenoxy) is 1. The Bertz CT molecular complexity index is 641. The van der Waals surface area contributed by atoms with E-state index in [-0.39, 0.29) is 5.90 Å². The molecule has 0 saturated carbocycles. The summed E-state index contributed by atoms with van der Waals surface area (Å²) in [6, 6.07) is 1.07. The van der Waals surface area contributed by atoms with Crippen LogP contribution in [0.1, 0.15) is 25.7 Å². The Morgan fingerprint density at radius 2 is 1.60 bits per heavy atom. The SMILES string of the molecule is O=C1OC(=Nc2c(F)cc(F)cc2F)C2=C1CCCC2. The lowest BCUT2D eigenvalue weighted by Gasteiger charge is -2.09. The van der Waals surface area contributed by atoms with Crippen molar-refractivity contribution in [3.63, 3.8) is 0 Å². The van der Waals surface area contributed by atoms with Gasteiger partial charge in [-0.15, -0.1) is 0 Å². The molecule has 0 bridgehead atoms. The minimum Gasteiger partial charge on any atom is -0.404 e. The van der Waals surface area contributed by atoms with E-state index in [0.29, 0.717) is 36.1 Å². The molecular formula is C14H10F3NO2. The maximum Gasteiger partial charge on any atom is 0.341 e. The molecule has 0 aromatic heterocycles. The van der Waals surface area contributed by atoms with Gasteiger partial charge in [0.15, 0.2) is 11.6 Å². The summed E-state index contributed by atoms with van der Waals surface area (Å²) < 4.78 is 44.9. The second-order valence-electron chi connectivity index (χ2n) is 4.69. The number of nitrogens with zero attached hydrogens (tertiary/aromatic N) is 1. The van der Waals surface area contributed by atoms with Crippen LogP contribution in [0.3, 0.4) is 0 Å².